The first-order chi connectivity index (χ1) is 15.0. The largest absolute Gasteiger partial charge is 0.505 e. The van der Waals surface area contributed by atoms with E-state index in [2.05, 4.69) is 15.2 Å². The highest BCUT2D eigenvalue weighted by Gasteiger charge is 2.31. The fraction of sp³-hybridized carbons (Fsp3) is 0.227. The summed E-state index contributed by atoms with van der Waals surface area (Å²) >= 11 is 0. The Balaban J connectivity index is 1.96. The second-order valence-corrected chi connectivity index (χ2v) is 6.45. The predicted octanol–water partition coefficient (Wildman–Crippen LogP) is 2.82. The first kappa shape index (κ1) is 21.7. The van der Waals surface area contributed by atoms with Crippen molar-refractivity contribution in [1.29, 1.82) is 0 Å². The summed E-state index contributed by atoms with van der Waals surface area (Å²) in [6.07, 6.45) is 1.50. The monoisotopic (exact) mass is 425 g/mol. The first-order valence-corrected chi connectivity index (χ1v) is 9.47. The predicted molar refractivity (Wildman–Crippen MR) is 114 cm³/mol. The van der Waals surface area contributed by atoms with Crippen molar-refractivity contribution in [1.82, 2.24) is 10.3 Å². The Labute approximate surface area is 179 Å². The SMILES string of the molecule is C/C=N\N1Cc2c(Oc3ccc(OC)cc3)cccc2C(O)=C1C(=O)NCC(=O)OC. The molecule has 0 saturated carbocycles. The van der Waals surface area contributed by atoms with Gasteiger partial charge in [-0.3, -0.25) is 14.6 Å². The van der Waals surface area contributed by atoms with Crippen LogP contribution in [0, 0.1) is 0 Å². The summed E-state index contributed by atoms with van der Waals surface area (Å²) in [7, 11) is 2.81. The maximum absolute atomic E-state index is 12.7. The molecule has 9 nitrogen and oxygen atoms in total. The summed E-state index contributed by atoms with van der Waals surface area (Å²) in [6.45, 7) is 1.54. The van der Waals surface area contributed by atoms with E-state index in [1.54, 1.807) is 56.5 Å². The fourth-order valence-corrected chi connectivity index (χ4v) is 3.07. The highest BCUT2D eigenvalue weighted by Crippen LogP contribution is 2.37. The molecular weight excluding hydrogens is 402 g/mol. The number of nitrogens with zero attached hydrogens (tertiary/aromatic N) is 2. The van der Waals surface area contributed by atoms with Gasteiger partial charge in [-0.2, -0.15) is 5.10 Å². The lowest BCUT2D eigenvalue weighted by molar-refractivity contribution is -0.140. The van der Waals surface area contributed by atoms with Crippen LogP contribution in [0.5, 0.6) is 17.2 Å². The number of fused-ring (bicyclic) bond motifs is 1. The summed E-state index contributed by atoms with van der Waals surface area (Å²) in [4.78, 5) is 24.0. The molecule has 1 heterocycles. The zero-order valence-corrected chi connectivity index (χ0v) is 17.4. The zero-order valence-electron chi connectivity index (χ0n) is 17.4. The molecule has 2 aromatic rings. The standard InChI is InChI=1S/C22H23N3O6/c1-4-24-25-13-17-16(21(27)20(25)22(28)23-12-19(26)30-3)6-5-7-18(17)31-15-10-8-14(29-2)9-11-15/h4-11,27H,12-13H2,1-3H3,(H,23,28)/b24-4-. The van der Waals surface area contributed by atoms with Gasteiger partial charge in [0, 0.05) is 17.3 Å². The van der Waals surface area contributed by atoms with Gasteiger partial charge >= 0.3 is 5.97 Å². The molecule has 0 fully saturated rings. The van der Waals surface area contributed by atoms with Gasteiger partial charge in [-0.1, -0.05) is 12.1 Å². The van der Waals surface area contributed by atoms with Crippen LogP contribution in [0.1, 0.15) is 18.1 Å². The molecule has 0 saturated heterocycles. The third-order valence-corrected chi connectivity index (χ3v) is 4.56. The van der Waals surface area contributed by atoms with Crippen LogP contribution in [-0.4, -0.2) is 49.0 Å². The Morgan fingerprint density at radius 2 is 1.87 bits per heavy atom. The van der Waals surface area contributed by atoms with Crippen molar-refractivity contribution < 1.29 is 28.9 Å². The number of amides is 1. The van der Waals surface area contributed by atoms with Crippen LogP contribution in [0.15, 0.2) is 53.3 Å². The average molecular weight is 425 g/mol. The summed E-state index contributed by atoms with van der Waals surface area (Å²) in [5.74, 6) is 0.277. The van der Waals surface area contributed by atoms with Gasteiger partial charge in [-0.05, 0) is 37.3 Å². The number of ether oxygens (including phenoxy) is 3. The molecule has 0 aliphatic carbocycles. The van der Waals surface area contributed by atoms with E-state index < -0.39 is 11.9 Å². The highest BCUT2D eigenvalue weighted by molar-refractivity contribution is 6.01. The Kier molecular flexibility index (Phi) is 6.76. The summed E-state index contributed by atoms with van der Waals surface area (Å²) < 4.78 is 15.7. The van der Waals surface area contributed by atoms with Gasteiger partial charge in [0.05, 0.1) is 20.8 Å². The number of methoxy groups -OCH3 is 2. The minimum atomic E-state index is -0.652. The molecule has 1 amide bonds. The quantitative estimate of drug-likeness (QED) is 0.518. The minimum absolute atomic E-state index is 0.0731. The van der Waals surface area contributed by atoms with E-state index in [-0.39, 0.29) is 24.5 Å². The number of nitrogens with one attached hydrogen (secondary N) is 1. The van der Waals surface area contributed by atoms with E-state index in [4.69, 9.17) is 9.47 Å². The normalized spacial score (nSPS) is 13.1. The van der Waals surface area contributed by atoms with Crippen LogP contribution >= 0.6 is 0 Å². The third-order valence-electron chi connectivity index (χ3n) is 4.56. The van der Waals surface area contributed by atoms with Crippen LogP contribution in [0.3, 0.4) is 0 Å². The molecule has 0 unspecified atom stereocenters. The van der Waals surface area contributed by atoms with Crippen molar-refractivity contribution in [2.45, 2.75) is 13.5 Å². The van der Waals surface area contributed by atoms with E-state index in [1.165, 1.54) is 18.3 Å². The number of aliphatic hydroxyl groups excluding tert-OH is 1. The number of aliphatic hydroxyl groups is 1. The third kappa shape index (κ3) is 4.77. The van der Waals surface area contributed by atoms with Crippen molar-refractivity contribution in [2.75, 3.05) is 20.8 Å². The van der Waals surface area contributed by atoms with E-state index in [0.717, 1.165) is 0 Å². The Hall–Kier alpha value is -4.01. The number of hydrogen-bond donors (Lipinski definition) is 2. The van der Waals surface area contributed by atoms with E-state index >= 15 is 0 Å². The van der Waals surface area contributed by atoms with Crippen molar-refractivity contribution in [3.05, 3.63) is 59.3 Å². The van der Waals surface area contributed by atoms with Gasteiger partial charge in [0.1, 0.15) is 23.8 Å². The van der Waals surface area contributed by atoms with Crippen molar-refractivity contribution in [3.63, 3.8) is 0 Å². The van der Waals surface area contributed by atoms with Crippen LogP contribution in [-0.2, 0) is 20.9 Å². The van der Waals surface area contributed by atoms with Gasteiger partial charge < -0.3 is 24.6 Å². The topological polar surface area (TPSA) is 110 Å². The Bertz CT molecular complexity index is 1030. The summed E-state index contributed by atoms with van der Waals surface area (Å²) in [5.41, 5.74) is 1.03. The number of hydrazone groups is 1. The van der Waals surface area contributed by atoms with Crippen molar-refractivity contribution in [2.24, 2.45) is 5.10 Å². The van der Waals surface area contributed by atoms with Crippen molar-refractivity contribution in [3.8, 4) is 17.2 Å². The molecule has 2 aromatic carbocycles. The second kappa shape index (κ2) is 9.66. The molecule has 3 rings (SSSR count). The Morgan fingerprint density at radius 3 is 2.52 bits per heavy atom. The molecule has 1 aliphatic heterocycles. The fourth-order valence-electron chi connectivity index (χ4n) is 3.07. The minimum Gasteiger partial charge on any atom is -0.505 e. The number of esters is 1. The maximum atomic E-state index is 12.7. The van der Waals surface area contributed by atoms with Gasteiger partial charge in [-0.25, -0.2) is 0 Å². The van der Waals surface area contributed by atoms with Crippen LogP contribution in [0.4, 0.5) is 0 Å². The van der Waals surface area contributed by atoms with E-state index in [1.807, 2.05) is 0 Å². The van der Waals surface area contributed by atoms with Crippen LogP contribution < -0.4 is 14.8 Å². The second-order valence-electron chi connectivity index (χ2n) is 6.45. The summed E-state index contributed by atoms with van der Waals surface area (Å²) in [6, 6.07) is 12.3. The highest BCUT2D eigenvalue weighted by atomic mass is 16.5. The lowest BCUT2D eigenvalue weighted by Gasteiger charge is -2.29. The number of carbonyl (C=O) groups is 2. The molecule has 0 atom stereocenters. The molecule has 162 valence electrons. The zero-order chi connectivity index (χ0) is 22.4. The molecule has 2 N–H and O–H groups in total. The van der Waals surface area contributed by atoms with Gasteiger partial charge in [0.25, 0.3) is 5.91 Å². The van der Waals surface area contributed by atoms with Crippen LogP contribution in [0.25, 0.3) is 5.76 Å². The van der Waals surface area contributed by atoms with Gasteiger partial charge in [0.2, 0.25) is 0 Å². The van der Waals surface area contributed by atoms with Gasteiger partial charge in [0.15, 0.2) is 11.5 Å². The number of carbonyl (C=O) groups excluding carboxylic acids is 2. The lowest BCUT2D eigenvalue weighted by Crippen LogP contribution is -2.38. The van der Waals surface area contributed by atoms with E-state index in [0.29, 0.717) is 28.4 Å². The molecule has 0 bridgehead atoms. The van der Waals surface area contributed by atoms with Crippen molar-refractivity contribution >= 4 is 23.9 Å². The number of rotatable bonds is 7. The van der Waals surface area contributed by atoms with Gasteiger partial charge in [-0.15, -0.1) is 0 Å². The number of benzene rings is 2. The molecule has 9 heteroatoms. The molecule has 0 spiro atoms. The Morgan fingerprint density at radius 1 is 1.16 bits per heavy atom. The molecular formula is C22H23N3O6. The van der Waals surface area contributed by atoms with E-state index in [9.17, 15) is 14.7 Å². The summed E-state index contributed by atoms with van der Waals surface area (Å²) in [5, 5.41) is 18.9. The smallest absolute Gasteiger partial charge is 0.325 e. The maximum Gasteiger partial charge on any atom is 0.325 e. The number of hydrogen-bond acceptors (Lipinski definition) is 8. The molecule has 31 heavy (non-hydrogen) atoms. The average Bonchev–Trinajstić information content (AvgIpc) is 2.78. The van der Waals surface area contributed by atoms with Crippen LogP contribution in [0.2, 0.25) is 0 Å². The lowest BCUT2D eigenvalue weighted by atomic mass is 9.99. The molecule has 1 aliphatic rings. The first-order valence-electron chi connectivity index (χ1n) is 9.47. The molecule has 0 radical (unpaired) electrons. The molecule has 0 aromatic heterocycles.